The molecule has 0 bridgehead atoms. The Balaban J connectivity index is 1.58. The normalized spacial score (nSPS) is 29.8. The van der Waals surface area contributed by atoms with Gasteiger partial charge in [0, 0.05) is 19.6 Å². The fourth-order valence-electron chi connectivity index (χ4n) is 3.33. The van der Waals surface area contributed by atoms with Gasteiger partial charge < -0.3 is 9.88 Å². The summed E-state index contributed by atoms with van der Waals surface area (Å²) in [6.07, 6.45) is 7.20. The van der Waals surface area contributed by atoms with E-state index >= 15 is 0 Å². The molecule has 2 unspecified atom stereocenters. The molecule has 0 aliphatic carbocycles. The summed E-state index contributed by atoms with van der Waals surface area (Å²) in [6, 6.07) is 0.757. The van der Waals surface area contributed by atoms with Crippen molar-refractivity contribution >= 4 is 0 Å². The van der Waals surface area contributed by atoms with Crippen LogP contribution in [0.4, 0.5) is 0 Å². The molecule has 3 heterocycles. The number of hydrogen-bond donors (Lipinski definition) is 1. The van der Waals surface area contributed by atoms with E-state index < -0.39 is 0 Å². The van der Waals surface area contributed by atoms with Crippen LogP contribution in [0.25, 0.3) is 0 Å². The Hall–Kier alpha value is -0.940. The van der Waals surface area contributed by atoms with Crippen molar-refractivity contribution in [2.75, 3.05) is 19.6 Å². The van der Waals surface area contributed by atoms with Crippen LogP contribution in [-0.2, 0) is 13.6 Å². The Morgan fingerprint density at radius 2 is 2.33 bits per heavy atom. The second kappa shape index (κ2) is 5.36. The molecule has 2 aliphatic heterocycles. The molecule has 1 aromatic rings. The SMILES string of the molecule is Cn1cnnc1CN1CCCC(C2CCCN2)C1. The summed E-state index contributed by atoms with van der Waals surface area (Å²) in [6.45, 7) is 4.57. The fraction of sp³-hybridized carbons (Fsp3) is 0.846. The maximum absolute atomic E-state index is 4.19. The van der Waals surface area contributed by atoms with Gasteiger partial charge in [0.05, 0.1) is 6.54 Å². The topological polar surface area (TPSA) is 46.0 Å². The van der Waals surface area contributed by atoms with Gasteiger partial charge >= 0.3 is 0 Å². The number of nitrogens with zero attached hydrogens (tertiary/aromatic N) is 4. The van der Waals surface area contributed by atoms with E-state index in [1.807, 2.05) is 11.6 Å². The number of nitrogens with one attached hydrogen (secondary N) is 1. The van der Waals surface area contributed by atoms with Gasteiger partial charge in [-0.05, 0) is 44.7 Å². The predicted molar refractivity (Wildman–Crippen MR) is 70.0 cm³/mol. The first-order valence-corrected chi connectivity index (χ1v) is 7.11. The molecular formula is C13H23N5. The summed E-state index contributed by atoms with van der Waals surface area (Å²) in [7, 11) is 2.02. The van der Waals surface area contributed by atoms with Gasteiger partial charge in [0.2, 0.25) is 0 Å². The lowest BCUT2D eigenvalue weighted by Gasteiger charge is -2.35. The van der Waals surface area contributed by atoms with E-state index in [1.54, 1.807) is 6.33 Å². The molecule has 0 aromatic carbocycles. The van der Waals surface area contributed by atoms with Crippen LogP contribution in [0.2, 0.25) is 0 Å². The molecule has 1 N–H and O–H groups in total. The summed E-state index contributed by atoms with van der Waals surface area (Å²) >= 11 is 0. The summed E-state index contributed by atoms with van der Waals surface area (Å²) in [5.41, 5.74) is 0. The number of hydrogen-bond acceptors (Lipinski definition) is 4. The van der Waals surface area contributed by atoms with Crippen LogP contribution < -0.4 is 5.32 Å². The second-order valence-corrected chi connectivity index (χ2v) is 5.70. The molecule has 2 aliphatic rings. The molecule has 3 rings (SSSR count). The largest absolute Gasteiger partial charge is 0.320 e. The lowest BCUT2D eigenvalue weighted by molar-refractivity contribution is 0.141. The third-order valence-corrected chi connectivity index (χ3v) is 4.38. The van der Waals surface area contributed by atoms with E-state index in [4.69, 9.17) is 0 Å². The van der Waals surface area contributed by atoms with Crippen molar-refractivity contribution < 1.29 is 0 Å². The van der Waals surface area contributed by atoms with Crippen molar-refractivity contribution in [2.24, 2.45) is 13.0 Å². The third-order valence-electron chi connectivity index (χ3n) is 4.38. The molecule has 0 radical (unpaired) electrons. The fourth-order valence-corrected chi connectivity index (χ4v) is 3.33. The van der Waals surface area contributed by atoms with Crippen LogP contribution in [-0.4, -0.2) is 45.3 Å². The van der Waals surface area contributed by atoms with Gasteiger partial charge in [-0.1, -0.05) is 0 Å². The number of rotatable bonds is 3. The third kappa shape index (κ3) is 2.57. The van der Waals surface area contributed by atoms with Gasteiger partial charge in [0.1, 0.15) is 12.2 Å². The van der Waals surface area contributed by atoms with E-state index in [1.165, 1.54) is 45.3 Å². The van der Waals surface area contributed by atoms with Crippen molar-refractivity contribution in [2.45, 2.75) is 38.3 Å². The first-order valence-electron chi connectivity index (χ1n) is 7.11. The Bertz CT molecular complexity index is 382. The Morgan fingerprint density at radius 1 is 1.39 bits per heavy atom. The van der Waals surface area contributed by atoms with Crippen LogP contribution in [0.5, 0.6) is 0 Å². The van der Waals surface area contributed by atoms with Crippen molar-refractivity contribution in [3.63, 3.8) is 0 Å². The van der Waals surface area contributed by atoms with Gasteiger partial charge in [0.15, 0.2) is 0 Å². The Labute approximate surface area is 109 Å². The Morgan fingerprint density at radius 3 is 3.06 bits per heavy atom. The van der Waals surface area contributed by atoms with Gasteiger partial charge in [-0.2, -0.15) is 0 Å². The maximum Gasteiger partial charge on any atom is 0.146 e. The molecule has 2 saturated heterocycles. The first-order chi connectivity index (χ1) is 8.83. The lowest BCUT2D eigenvalue weighted by Crippen LogP contribution is -2.43. The highest BCUT2D eigenvalue weighted by Gasteiger charge is 2.29. The number of aromatic nitrogens is 3. The molecule has 5 nitrogen and oxygen atoms in total. The highest BCUT2D eigenvalue weighted by molar-refractivity contribution is 4.90. The van der Waals surface area contributed by atoms with Crippen molar-refractivity contribution in [1.29, 1.82) is 0 Å². The molecule has 1 aromatic heterocycles. The summed E-state index contributed by atoms with van der Waals surface area (Å²) in [5.74, 6) is 1.91. The average molecular weight is 249 g/mol. The van der Waals surface area contributed by atoms with Gasteiger partial charge in [-0.3, -0.25) is 4.90 Å². The lowest BCUT2D eigenvalue weighted by atomic mass is 9.90. The first kappa shape index (κ1) is 12.1. The predicted octanol–water partition coefficient (Wildman–Crippen LogP) is 0.779. The van der Waals surface area contributed by atoms with Crippen LogP contribution in [0.3, 0.4) is 0 Å². The molecule has 2 atom stereocenters. The van der Waals surface area contributed by atoms with Crippen molar-refractivity contribution in [3.8, 4) is 0 Å². The Kier molecular flexibility index (Phi) is 3.61. The minimum absolute atomic E-state index is 0.757. The standard InChI is InChI=1S/C13H23N5/c1-17-10-15-16-13(17)9-18-7-3-4-11(8-18)12-5-2-6-14-12/h10-12,14H,2-9H2,1H3. The zero-order chi connectivity index (χ0) is 12.4. The molecule has 0 amide bonds. The highest BCUT2D eigenvalue weighted by atomic mass is 15.3. The summed E-state index contributed by atoms with van der Waals surface area (Å²) < 4.78 is 2.03. The highest BCUT2D eigenvalue weighted by Crippen LogP contribution is 2.25. The molecule has 100 valence electrons. The molecule has 18 heavy (non-hydrogen) atoms. The molecule has 0 saturated carbocycles. The van der Waals surface area contributed by atoms with Gasteiger partial charge in [-0.25, -0.2) is 0 Å². The van der Waals surface area contributed by atoms with Crippen molar-refractivity contribution in [3.05, 3.63) is 12.2 Å². The maximum atomic E-state index is 4.19. The van der Waals surface area contributed by atoms with Gasteiger partial charge in [0.25, 0.3) is 0 Å². The average Bonchev–Trinajstić information content (AvgIpc) is 3.02. The van der Waals surface area contributed by atoms with E-state index in [-0.39, 0.29) is 0 Å². The number of aryl methyl sites for hydroxylation is 1. The van der Waals surface area contributed by atoms with Crippen LogP contribution >= 0.6 is 0 Å². The zero-order valence-electron chi connectivity index (χ0n) is 11.2. The van der Waals surface area contributed by atoms with E-state index in [0.717, 1.165) is 24.3 Å². The number of piperidine rings is 1. The zero-order valence-corrected chi connectivity index (χ0v) is 11.2. The summed E-state index contributed by atoms with van der Waals surface area (Å²) in [5, 5.41) is 11.8. The van der Waals surface area contributed by atoms with E-state index in [2.05, 4.69) is 20.4 Å². The molecule has 2 fully saturated rings. The van der Waals surface area contributed by atoms with Crippen LogP contribution in [0.1, 0.15) is 31.5 Å². The molecular weight excluding hydrogens is 226 g/mol. The van der Waals surface area contributed by atoms with Crippen LogP contribution in [0, 0.1) is 5.92 Å². The van der Waals surface area contributed by atoms with Crippen LogP contribution in [0.15, 0.2) is 6.33 Å². The monoisotopic (exact) mass is 249 g/mol. The van der Waals surface area contributed by atoms with E-state index in [0.29, 0.717) is 0 Å². The van der Waals surface area contributed by atoms with Crippen molar-refractivity contribution in [1.82, 2.24) is 25.0 Å². The minimum Gasteiger partial charge on any atom is -0.320 e. The molecule has 0 spiro atoms. The molecule has 5 heteroatoms. The second-order valence-electron chi connectivity index (χ2n) is 5.70. The number of likely N-dealkylation sites (tertiary alicyclic amines) is 1. The van der Waals surface area contributed by atoms with E-state index in [9.17, 15) is 0 Å². The summed E-state index contributed by atoms with van der Waals surface area (Å²) in [4.78, 5) is 2.54. The quantitative estimate of drug-likeness (QED) is 0.860. The van der Waals surface area contributed by atoms with Gasteiger partial charge in [-0.15, -0.1) is 10.2 Å². The minimum atomic E-state index is 0.757. The smallest absolute Gasteiger partial charge is 0.146 e.